The molecule has 0 amide bonds. The number of likely N-dealkylation sites (N-methyl/N-ethyl adjacent to an activating group) is 1. The fraction of sp³-hybridized carbons (Fsp3) is 0.625. The van der Waals surface area contributed by atoms with Crippen molar-refractivity contribution in [3.63, 3.8) is 0 Å². The molecule has 114 valence electrons. The molecule has 2 heterocycles. The molecule has 1 fully saturated rings. The number of likely N-dealkylation sites (tertiary alicyclic amines) is 1. The first-order chi connectivity index (χ1) is 10.1. The molecular formula is C16H24N4O. The van der Waals surface area contributed by atoms with E-state index in [9.17, 15) is 0 Å². The molecule has 2 aromatic rings. The highest BCUT2D eigenvalue weighted by atomic mass is 16.6. The van der Waals surface area contributed by atoms with Crippen molar-refractivity contribution >= 4 is 11.0 Å². The van der Waals surface area contributed by atoms with Crippen LogP contribution >= 0.6 is 0 Å². The summed E-state index contributed by atoms with van der Waals surface area (Å²) >= 11 is 0. The number of hydrogen-bond donors (Lipinski definition) is 0. The van der Waals surface area contributed by atoms with Crippen molar-refractivity contribution in [3.05, 3.63) is 23.8 Å². The highest BCUT2D eigenvalue weighted by molar-refractivity contribution is 5.76. The Hall–Kier alpha value is -1.46. The minimum absolute atomic E-state index is 0.625. The second-order valence-electron chi connectivity index (χ2n) is 6.68. The fourth-order valence-corrected chi connectivity index (χ4v) is 3.46. The standard InChI is InChI=1S/C16H24N4O/c1-11(2)13-9-20(10-15(13)19(3)4)8-12-6-5-7-14-16(12)18-21-17-14/h5-7,11,13,15H,8-10H2,1-4H3. The van der Waals surface area contributed by atoms with Crippen LogP contribution in [0, 0.1) is 11.8 Å². The Kier molecular flexibility index (Phi) is 3.95. The van der Waals surface area contributed by atoms with Gasteiger partial charge in [0.2, 0.25) is 0 Å². The van der Waals surface area contributed by atoms with Gasteiger partial charge in [-0.15, -0.1) is 0 Å². The van der Waals surface area contributed by atoms with Gasteiger partial charge in [0.05, 0.1) is 0 Å². The fourth-order valence-electron chi connectivity index (χ4n) is 3.46. The lowest BCUT2D eigenvalue weighted by Gasteiger charge is -2.27. The second kappa shape index (κ2) is 5.73. The Morgan fingerprint density at radius 1 is 1.29 bits per heavy atom. The molecule has 5 nitrogen and oxygen atoms in total. The molecule has 2 atom stereocenters. The number of aromatic nitrogens is 2. The number of nitrogens with zero attached hydrogens (tertiary/aromatic N) is 4. The third kappa shape index (κ3) is 2.80. The normalized spacial score (nSPS) is 23.7. The van der Waals surface area contributed by atoms with Crippen LogP contribution in [0.4, 0.5) is 0 Å². The van der Waals surface area contributed by atoms with E-state index in [4.69, 9.17) is 4.63 Å². The van der Waals surface area contributed by atoms with Crippen LogP contribution < -0.4 is 0 Å². The smallest absolute Gasteiger partial charge is 0.139 e. The Morgan fingerprint density at radius 3 is 2.76 bits per heavy atom. The van der Waals surface area contributed by atoms with Crippen LogP contribution in [0.1, 0.15) is 19.4 Å². The maximum absolute atomic E-state index is 4.86. The highest BCUT2D eigenvalue weighted by Crippen LogP contribution is 2.29. The van der Waals surface area contributed by atoms with Gasteiger partial charge >= 0.3 is 0 Å². The van der Waals surface area contributed by atoms with Crippen LogP contribution in [0.3, 0.4) is 0 Å². The summed E-state index contributed by atoms with van der Waals surface area (Å²) in [5.41, 5.74) is 2.94. The first kappa shape index (κ1) is 14.5. The molecule has 21 heavy (non-hydrogen) atoms. The van der Waals surface area contributed by atoms with Crippen LogP contribution in [0.2, 0.25) is 0 Å². The van der Waals surface area contributed by atoms with Gasteiger partial charge in [-0.2, -0.15) is 0 Å². The van der Waals surface area contributed by atoms with E-state index in [1.165, 1.54) is 5.56 Å². The van der Waals surface area contributed by atoms with Crippen molar-refractivity contribution < 1.29 is 4.63 Å². The van der Waals surface area contributed by atoms with Gasteiger partial charge in [-0.3, -0.25) is 4.90 Å². The van der Waals surface area contributed by atoms with Crippen molar-refractivity contribution in [3.8, 4) is 0 Å². The summed E-state index contributed by atoms with van der Waals surface area (Å²) in [6.45, 7) is 7.82. The Bertz CT molecular complexity index is 591. The first-order valence-corrected chi connectivity index (χ1v) is 7.65. The van der Waals surface area contributed by atoms with Crippen LogP contribution in [0.5, 0.6) is 0 Å². The Labute approximate surface area is 125 Å². The molecule has 0 saturated carbocycles. The molecule has 0 aliphatic carbocycles. The largest absolute Gasteiger partial charge is 0.305 e. The minimum Gasteiger partial charge on any atom is -0.305 e. The molecule has 1 aliphatic heterocycles. The molecule has 1 aliphatic rings. The average Bonchev–Trinajstić information content (AvgIpc) is 3.05. The topological polar surface area (TPSA) is 45.4 Å². The lowest BCUT2D eigenvalue weighted by molar-refractivity contribution is 0.215. The maximum atomic E-state index is 4.86. The molecule has 0 N–H and O–H groups in total. The molecule has 3 rings (SSSR count). The zero-order valence-corrected chi connectivity index (χ0v) is 13.3. The van der Waals surface area contributed by atoms with Gasteiger partial charge in [-0.25, -0.2) is 4.63 Å². The van der Waals surface area contributed by atoms with Gasteiger partial charge in [-0.1, -0.05) is 26.0 Å². The van der Waals surface area contributed by atoms with E-state index >= 15 is 0 Å². The van der Waals surface area contributed by atoms with E-state index in [0.29, 0.717) is 12.0 Å². The van der Waals surface area contributed by atoms with Crippen molar-refractivity contribution in [2.24, 2.45) is 11.8 Å². The predicted molar refractivity (Wildman–Crippen MR) is 82.9 cm³/mol. The van der Waals surface area contributed by atoms with Crippen molar-refractivity contribution in [2.45, 2.75) is 26.4 Å². The lowest BCUT2D eigenvalue weighted by atomic mass is 9.91. The lowest BCUT2D eigenvalue weighted by Crippen LogP contribution is -2.37. The maximum Gasteiger partial charge on any atom is 0.139 e. The summed E-state index contributed by atoms with van der Waals surface area (Å²) < 4.78 is 4.86. The molecule has 5 heteroatoms. The first-order valence-electron chi connectivity index (χ1n) is 7.65. The number of fused-ring (bicyclic) bond motifs is 1. The van der Waals surface area contributed by atoms with Gasteiger partial charge < -0.3 is 4.90 Å². The van der Waals surface area contributed by atoms with Crippen molar-refractivity contribution in [1.82, 2.24) is 20.1 Å². The minimum atomic E-state index is 0.625. The summed E-state index contributed by atoms with van der Waals surface area (Å²) in [5, 5.41) is 7.97. The summed E-state index contributed by atoms with van der Waals surface area (Å²) in [6, 6.07) is 6.72. The van der Waals surface area contributed by atoms with Crippen molar-refractivity contribution in [1.29, 1.82) is 0 Å². The molecular weight excluding hydrogens is 264 g/mol. The molecule has 0 bridgehead atoms. The summed E-state index contributed by atoms with van der Waals surface area (Å²) in [5.74, 6) is 1.42. The van der Waals surface area contributed by atoms with E-state index in [1.54, 1.807) is 0 Å². The summed E-state index contributed by atoms with van der Waals surface area (Å²) in [6.07, 6.45) is 0. The molecule has 1 saturated heterocycles. The van der Waals surface area contributed by atoms with Crippen molar-refractivity contribution in [2.75, 3.05) is 27.2 Å². The molecule has 0 radical (unpaired) electrons. The Morgan fingerprint density at radius 2 is 2.10 bits per heavy atom. The molecule has 1 aromatic carbocycles. The Balaban J connectivity index is 1.78. The SMILES string of the molecule is CC(C)C1CN(Cc2cccc3nonc23)CC1N(C)C. The van der Waals surface area contributed by atoms with Crippen LogP contribution in [-0.2, 0) is 6.54 Å². The third-order valence-electron chi connectivity index (χ3n) is 4.69. The highest BCUT2D eigenvalue weighted by Gasteiger charge is 2.35. The number of hydrogen-bond acceptors (Lipinski definition) is 5. The third-order valence-corrected chi connectivity index (χ3v) is 4.69. The molecule has 1 aromatic heterocycles. The zero-order chi connectivity index (χ0) is 15.0. The molecule has 2 unspecified atom stereocenters. The quantitative estimate of drug-likeness (QED) is 0.863. The van der Waals surface area contributed by atoms with E-state index in [-0.39, 0.29) is 0 Å². The van der Waals surface area contributed by atoms with E-state index in [1.807, 2.05) is 12.1 Å². The van der Waals surface area contributed by atoms with Crippen LogP contribution in [-0.4, -0.2) is 53.3 Å². The zero-order valence-electron chi connectivity index (χ0n) is 13.3. The summed E-state index contributed by atoms with van der Waals surface area (Å²) in [4.78, 5) is 4.89. The predicted octanol–water partition coefficient (Wildman–Crippen LogP) is 2.24. The van der Waals surface area contributed by atoms with Gasteiger partial charge in [0.1, 0.15) is 11.0 Å². The number of benzene rings is 1. The van der Waals surface area contributed by atoms with E-state index in [2.05, 4.69) is 54.1 Å². The van der Waals surface area contributed by atoms with Crippen LogP contribution in [0.25, 0.3) is 11.0 Å². The monoisotopic (exact) mass is 288 g/mol. The summed E-state index contributed by atoms with van der Waals surface area (Å²) in [7, 11) is 4.37. The van der Waals surface area contributed by atoms with Gasteiger partial charge in [0, 0.05) is 25.7 Å². The van der Waals surface area contributed by atoms with E-state index < -0.39 is 0 Å². The van der Waals surface area contributed by atoms with E-state index in [0.717, 1.165) is 36.6 Å². The molecule has 0 spiro atoms. The van der Waals surface area contributed by atoms with Crippen LogP contribution in [0.15, 0.2) is 22.8 Å². The average molecular weight is 288 g/mol. The van der Waals surface area contributed by atoms with Gasteiger partial charge in [0.25, 0.3) is 0 Å². The van der Waals surface area contributed by atoms with Gasteiger partial charge in [-0.05, 0) is 47.9 Å². The van der Waals surface area contributed by atoms with Gasteiger partial charge in [0.15, 0.2) is 0 Å². The second-order valence-corrected chi connectivity index (χ2v) is 6.68. The number of rotatable bonds is 4.